The van der Waals surface area contributed by atoms with Crippen LogP contribution in [0.4, 0.5) is 0 Å². The molecule has 4 heteroatoms. The van der Waals surface area contributed by atoms with Gasteiger partial charge in [-0.2, -0.15) is 0 Å². The molecule has 4 nitrogen and oxygen atoms in total. The van der Waals surface area contributed by atoms with Gasteiger partial charge in [0.1, 0.15) is 24.7 Å². The van der Waals surface area contributed by atoms with Gasteiger partial charge in [-0.25, -0.2) is 0 Å². The fourth-order valence-corrected chi connectivity index (χ4v) is 3.27. The number of fused-ring (bicyclic) bond motifs is 2. The lowest BCUT2D eigenvalue weighted by atomic mass is 9.96. The molecule has 0 heterocycles. The Kier molecular flexibility index (Phi) is 6.31. The third-order valence-electron chi connectivity index (χ3n) is 4.49. The van der Waals surface area contributed by atoms with Crippen LogP contribution in [0.15, 0.2) is 42.5 Å². The molecule has 0 bridgehead atoms. The molecule has 0 spiro atoms. The van der Waals surface area contributed by atoms with Crippen molar-refractivity contribution in [2.75, 3.05) is 40.6 Å². The van der Waals surface area contributed by atoms with E-state index in [1.54, 1.807) is 14.2 Å². The lowest BCUT2D eigenvalue weighted by molar-refractivity contribution is 0.147. The van der Waals surface area contributed by atoms with Crippen LogP contribution in [0.5, 0.6) is 11.5 Å². The zero-order valence-electron chi connectivity index (χ0n) is 15.7. The summed E-state index contributed by atoms with van der Waals surface area (Å²) in [5, 5.41) is 4.31. The highest BCUT2D eigenvalue weighted by atomic mass is 16.5. The second kappa shape index (κ2) is 8.88. The Balaban J connectivity index is 2.26. The molecule has 26 heavy (non-hydrogen) atoms. The number of aryl methyl sites for hydroxylation is 1. The normalized spacial score (nSPS) is 11.2. The molecule has 0 unspecified atom stereocenters. The van der Waals surface area contributed by atoms with Crippen molar-refractivity contribution in [3.63, 3.8) is 0 Å². The molecule has 0 saturated carbocycles. The van der Waals surface area contributed by atoms with Crippen LogP contribution in [-0.4, -0.2) is 40.6 Å². The fraction of sp³-hybridized carbons (Fsp3) is 0.364. The highest BCUT2D eigenvalue weighted by molar-refractivity contribution is 6.12. The van der Waals surface area contributed by atoms with Gasteiger partial charge in [-0.1, -0.05) is 49.4 Å². The maximum absolute atomic E-state index is 6.19. The lowest BCUT2D eigenvalue weighted by Gasteiger charge is -2.19. The topological polar surface area (TPSA) is 36.9 Å². The molecule has 0 saturated heterocycles. The first kappa shape index (κ1) is 18.5. The van der Waals surface area contributed by atoms with Gasteiger partial charge in [-0.15, -0.1) is 0 Å². The molecular formula is C22H26O4. The van der Waals surface area contributed by atoms with Crippen molar-refractivity contribution >= 4 is 21.5 Å². The summed E-state index contributed by atoms with van der Waals surface area (Å²) in [5.74, 6) is 1.80. The third-order valence-corrected chi connectivity index (χ3v) is 4.49. The number of hydrogen-bond donors (Lipinski definition) is 0. The standard InChI is InChI=1S/C22H26O4/c1-4-16-8-7-11-19-20(16)22(26-15-13-24-3)18-10-6-5-9-17(18)21(19)25-14-12-23-2/h5-11H,4,12-15H2,1-3H3. The largest absolute Gasteiger partial charge is 0.490 e. The average Bonchev–Trinajstić information content (AvgIpc) is 2.69. The Hall–Kier alpha value is -2.30. The van der Waals surface area contributed by atoms with E-state index in [0.717, 1.165) is 39.5 Å². The molecule has 0 aromatic heterocycles. The minimum absolute atomic E-state index is 0.510. The van der Waals surface area contributed by atoms with E-state index in [1.807, 2.05) is 12.1 Å². The van der Waals surface area contributed by atoms with Gasteiger partial charge in [0, 0.05) is 35.8 Å². The summed E-state index contributed by atoms with van der Waals surface area (Å²) < 4.78 is 22.7. The van der Waals surface area contributed by atoms with Crippen molar-refractivity contribution in [1.82, 2.24) is 0 Å². The Morgan fingerprint density at radius 1 is 0.654 bits per heavy atom. The summed E-state index contributed by atoms with van der Waals surface area (Å²) >= 11 is 0. The molecule has 138 valence electrons. The predicted molar refractivity (Wildman–Crippen MR) is 106 cm³/mol. The molecule has 3 rings (SSSR count). The van der Waals surface area contributed by atoms with Gasteiger partial charge in [0.05, 0.1) is 13.2 Å². The highest BCUT2D eigenvalue weighted by Gasteiger charge is 2.18. The summed E-state index contributed by atoms with van der Waals surface area (Å²) in [7, 11) is 3.37. The number of rotatable bonds is 9. The first-order chi connectivity index (χ1) is 12.8. The summed E-state index contributed by atoms with van der Waals surface area (Å²) in [6.07, 6.45) is 0.924. The van der Waals surface area contributed by atoms with E-state index in [1.165, 1.54) is 5.56 Å². The van der Waals surface area contributed by atoms with Crippen LogP contribution in [0.3, 0.4) is 0 Å². The second-order valence-corrected chi connectivity index (χ2v) is 6.08. The van der Waals surface area contributed by atoms with Gasteiger partial charge < -0.3 is 18.9 Å². The van der Waals surface area contributed by atoms with E-state index in [2.05, 4.69) is 37.3 Å². The maximum Gasteiger partial charge on any atom is 0.135 e. The summed E-state index contributed by atoms with van der Waals surface area (Å²) in [5.41, 5.74) is 1.25. The minimum Gasteiger partial charge on any atom is -0.490 e. The molecule has 0 aliphatic heterocycles. The Bertz CT molecular complexity index is 873. The van der Waals surface area contributed by atoms with Crippen LogP contribution < -0.4 is 9.47 Å². The Morgan fingerprint density at radius 3 is 1.85 bits per heavy atom. The molecular weight excluding hydrogens is 328 g/mol. The first-order valence-corrected chi connectivity index (χ1v) is 9.01. The lowest BCUT2D eigenvalue weighted by Crippen LogP contribution is -2.08. The molecule has 3 aromatic carbocycles. The van der Waals surface area contributed by atoms with Crippen LogP contribution in [0.1, 0.15) is 12.5 Å². The highest BCUT2D eigenvalue weighted by Crippen LogP contribution is 2.44. The predicted octanol–water partition coefficient (Wildman–Crippen LogP) is 4.61. The molecule has 0 fully saturated rings. The molecule has 0 N–H and O–H groups in total. The van der Waals surface area contributed by atoms with Crippen molar-refractivity contribution in [3.05, 3.63) is 48.0 Å². The van der Waals surface area contributed by atoms with Gasteiger partial charge in [0.2, 0.25) is 0 Å². The number of benzene rings is 3. The fourth-order valence-electron chi connectivity index (χ4n) is 3.27. The zero-order chi connectivity index (χ0) is 18.4. The monoisotopic (exact) mass is 354 g/mol. The van der Waals surface area contributed by atoms with Crippen molar-refractivity contribution in [1.29, 1.82) is 0 Å². The molecule has 0 aliphatic rings. The quantitative estimate of drug-likeness (QED) is 0.415. The molecule has 0 amide bonds. The third kappa shape index (κ3) is 3.62. The average molecular weight is 354 g/mol. The molecule has 3 aromatic rings. The Morgan fingerprint density at radius 2 is 1.23 bits per heavy atom. The second-order valence-electron chi connectivity index (χ2n) is 6.08. The van der Waals surface area contributed by atoms with E-state index in [0.29, 0.717) is 26.4 Å². The number of ether oxygens (including phenoxy) is 4. The smallest absolute Gasteiger partial charge is 0.135 e. The van der Waals surface area contributed by atoms with Gasteiger partial charge in [0.25, 0.3) is 0 Å². The van der Waals surface area contributed by atoms with Crippen LogP contribution in [0.2, 0.25) is 0 Å². The van der Waals surface area contributed by atoms with E-state index < -0.39 is 0 Å². The summed E-state index contributed by atoms with van der Waals surface area (Å²) in [6, 6.07) is 14.6. The van der Waals surface area contributed by atoms with Crippen molar-refractivity contribution < 1.29 is 18.9 Å². The van der Waals surface area contributed by atoms with E-state index in [-0.39, 0.29) is 0 Å². The van der Waals surface area contributed by atoms with Crippen LogP contribution in [0.25, 0.3) is 21.5 Å². The molecule has 0 aliphatic carbocycles. The van der Waals surface area contributed by atoms with Crippen LogP contribution in [0, 0.1) is 0 Å². The van der Waals surface area contributed by atoms with Gasteiger partial charge in [-0.05, 0) is 12.0 Å². The van der Waals surface area contributed by atoms with Gasteiger partial charge in [0.15, 0.2) is 0 Å². The van der Waals surface area contributed by atoms with Crippen molar-refractivity contribution in [2.24, 2.45) is 0 Å². The summed E-state index contributed by atoms with van der Waals surface area (Å²) in [6.45, 7) is 4.28. The van der Waals surface area contributed by atoms with Crippen molar-refractivity contribution in [3.8, 4) is 11.5 Å². The van der Waals surface area contributed by atoms with E-state index in [9.17, 15) is 0 Å². The summed E-state index contributed by atoms with van der Waals surface area (Å²) in [4.78, 5) is 0. The first-order valence-electron chi connectivity index (χ1n) is 9.01. The Labute approximate surface area is 154 Å². The maximum atomic E-state index is 6.19. The number of hydrogen-bond acceptors (Lipinski definition) is 4. The van der Waals surface area contributed by atoms with Gasteiger partial charge in [-0.3, -0.25) is 0 Å². The number of methoxy groups -OCH3 is 2. The SMILES string of the molecule is CCc1cccc2c(OCCOC)c3ccccc3c(OCCOC)c12. The molecule has 0 radical (unpaired) electrons. The van der Waals surface area contributed by atoms with Crippen LogP contribution >= 0.6 is 0 Å². The van der Waals surface area contributed by atoms with E-state index >= 15 is 0 Å². The van der Waals surface area contributed by atoms with Crippen molar-refractivity contribution in [2.45, 2.75) is 13.3 Å². The molecule has 0 atom stereocenters. The minimum atomic E-state index is 0.510. The van der Waals surface area contributed by atoms with Crippen LogP contribution in [-0.2, 0) is 15.9 Å². The zero-order valence-corrected chi connectivity index (χ0v) is 15.7. The van der Waals surface area contributed by atoms with E-state index in [4.69, 9.17) is 18.9 Å². The van der Waals surface area contributed by atoms with Gasteiger partial charge >= 0.3 is 0 Å².